The minimum atomic E-state index is -0.230. The SMILES string of the molecule is C/C(=N\NC(N)=S)[C@H]1COc2ccccc2O1. The first-order valence-electron chi connectivity index (χ1n) is 5.15. The Kier molecular flexibility index (Phi) is 3.43. The lowest BCUT2D eigenvalue weighted by Crippen LogP contribution is -2.37. The molecule has 6 heteroatoms. The van der Waals surface area contributed by atoms with Crippen LogP contribution in [0.15, 0.2) is 29.4 Å². The Balaban J connectivity index is 2.07. The largest absolute Gasteiger partial charge is 0.485 e. The second-order valence-corrected chi connectivity index (χ2v) is 4.03. The van der Waals surface area contributed by atoms with Crippen molar-refractivity contribution < 1.29 is 9.47 Å². The van der Waals surface area contributed by atoms with Crippen molar-refractivity contribution in [3.05, 3.63) is 24.3 Å². The zero-order chi connectivity index (χ0) is 12.3. The molecule has 0 amide bonds. The number of ether oxygens (including phenoxy) is 2. The van der Waals surface area contributed by atoms with Crippen LogP contribution in [0, 0.1) is 0 Å². The molecule has 1 atom stereocenters. The van der Waals surface area contributed by atoms with Crippen molar-refractivity contribution in [2.45, 2.75) is 13.0 Å². The molecule has 1 aliphatic heterocycles. The average Bonchev–Trinajstić information content (AvgIpc) is 2.35. The van der Waals surface area contributed by atoms with Gasteiger partial charge >= 0.3 is 0 Å². The molecule has 0 bridgehead atoms. The van der Waals surface area contributed by atoms with Gasteiger partial charge in [0.15, 0.2) is 22.7 Å². The summed E-state index contributed by atoms with van der Waals surface area (Å²) >= 11 is 4.67. The summed E-state index contributed by atoms with van der Waals surface area (Å²) < 4.78 is 11.3. The van der Waals surface area contributed by atoms with Gasteiger partial charge in [0.25, 0.3) is 0 Å². The third-order valence-corrected chi connectivity index (χ3v) is 2.41. The zero-order valence-electron chi connectivity index (χ0n) is 9.34. The maximum atomic E-state index is 5.75. The molecule has 5 nitrogen and oxygen atoms in total. The quantitative estimate of drug-likeness (QED) is 0.467. The molecule has 1 heterocycles. The molecule has 2 rings (SSSR count). The number of nitrogens with zero attached hydrogens (tertiary/aromatic N) is 1. The van der Waals surface area contributed by atoms with Crippen LogP contribution in [0.25, 0.3) is 0 Å². The van der Waals surface area contributed by atoms with Crippen LogP contribution in [-0.2, 0) is 0 Å². The Hall–Kier alpha value is -1.82. The molecule has 0 fully saturated rings. The Labute approximate surface area is 105 Å². The van der Waals surface area contributed by atoms with Gasteiger partial charge in [-0.05, 0) is 31.3 Å². The van der Waals surface area contributed by atoms with Gasteiger partial charge in [0.05, 0.1) is 5.71 Å². The van der Waals surface area contributed by atoms with E-state index in [0.29, 0.717) is 12.4 Å². The molecule has 90 valence electrons. The van der Waals surface area contributed by atoms with Gasteiger partial charge in [-0.3, -0.25) is 5.43 Å². The molecule has 0 saturated heterocycles. The van der Waals surface area contributed by atoms with E-state index in [-0.39, 0.29) is 11.2 Å². The number of thiocarbonyl (C=S) groups is 1. The highest BCUT2D eigenvalue weighted by Gasteiger charge is 2.22. The fraction of sp³-hybridized carbons (Fsp3) is 0.273. The molecule has 3 N–H and O–H groups in total. The molecule has 1 aliphatic rings. The summed E-state index contributed by atoms with van der Waals surface area (Å²) in [5, 5.41) is 4.14. The van der Waals surface area contributed by atoms with Crippen molar-refractivity contribution >= 4 is 23.0 Å². The van der Waals surface area contributed by atoms with Crippen LogP contribution in [0.1, 0.15) is 6.92 Å². The van der Waals surface area contributed by atoms with Gasteiger partial charge in [-0.2, -0.15) is 5.10 Å². The number of fused-ring (bicyclic) bond motifs is 1. The van der Waals surface area contributed by atoms with Crippen molar-refractivity contribution in [1.82, 2.24) is 5.43 Å². The molecular weight excluding hydrogens is 238 g/mol. The lowest BCUT2D eigenvalue weighted by Gasteiger charge is -2.26. The molecule has 17 heavy (non-hydrogen) atoms. The number of nitrogens with one attached hydrogen (secondary N) is 1. The van der Waals surface area contributed by atoms with Crippen molar-refractivity contribution in [3.8, 4) is 11.5 Å². The molecule has 0 unspecified atom stereocenters. The molecular formula is C11H13N3O2S. The fourth-order valence-corrected chi connectivity index (χ4v) is 1.49. The molecule has 0 spiro atoms. The number of para-hydroxylation sites is 2. The number of hydrogen-bond donors (Lipinski definition) is 2. The Morgan fingerprint density at radius 1 is 1.47 bits per heavy atom. The molecule has 0 saturated carbocycles. The van der Waals surface area contributed by atoms with Crippen LogP contribution in [0.5, 0.6) is 11.5 Å². The third-order valence-electron chi connectivity index (χ3n) is 2.32. The van der Waals surface area contributed by atoms with Crippen LogP contribution >= 0.6 is 12.2 Å². The Morgan fingerprint density at radius 3 is 2.88 bits per heavy atom. The summed E-state index contributed by atoms with van der Waals surface area (Å²) in [6, 6.07) is 7.52. The predicted octanol–water partition coefficient (Wildman–Crippen LogP) is 1.04. The van der Waals surface area contributed by atoms with E-state index in [1.165, 1.54) is 0 Å². The van der Waals surface area contributed by atoms with E-state index in [1.54, 1.807) is 0 Å². The average molecular weight is 251 g/mol. The van der Waals surface area contributed by atoms with Gasteiger partial charge in [-0.25, -0.2) is 0 Å². The normalized spacial score (nSPS) is 18.6. The summed E-state index contributed by atoms with van der Waals surface area (Å²) in [5.41, 5.74) is 8.55. The fourth-order valence-electron chi connectivity index (χ4n) is 1.44. The van der Waals surface area contributed by atoms with Gasteiger partial charge in [0.1, 0.15) is 6.61 Å². The van der Waals surface area contributed by atoms with Crippen LogP contribution in [-0.4, -0.2) is 23.5 Å². The Bertz CT molecular complexity index is 462. The standard InChI is InChI=1S/C11H13N3O2S/c1-7(13-14-11(12)17)10-6-15-8-4-2-3-5-9(8)16-10/h2-5,10H,6H2,1H3,(H3,12,14,17)/b13-7+/t10-/m1/s1. The van der Waals surface area contributed by atoms with E-state index in [4.69, 9.17) is 15.2 Å². The number of benzene rings is 1. The lowest BCUT2D eigenvalue weighted by molar-refractivity contribution is 0.134. The van der Waals surface area contributed by atoms with E-state index in [9.17, 15) is 0 Å². The highest BCUT2D eigenvalue weighted by molar-refractivity contribution is 7.80. The minimum Gasteiger partial charge on any atom is -0.485 e. The number of nitrogens with two attached hydrogens (primary N) is 1. The second-order valence-electron chi connectivity index (χ2n) is 3.59. The van der Waals surface area contributed by atoms with Crippen molar-refractivity contribution in [2.75, 3.05) is 6.61 Å². The first-order valence-corrected chi connectivity index (χ1v) is 5.56. The molecule has 0 radical (unpaired) electrons. The first kappa shape index (κ1) is 11.7. The molecule has 1 aromatic rings. The van der Waals surface area contributed by atoms with E-state index >= 15 is 0 Å². The summed E-state index contributed by atoms with van der Waals surface area (Å²) in [5.74, 6) is 1.47. The monoisotopic (exact) mass is 251 g/mol. The highest BCUT2D eigenvalue weighted by Crippen LogP contribution is 2.30. The van der Waals surface area contributed by atoms with Crippen molar-refractivity contribution in [1.29, 1.82) is 0 Å². The van der Waals surface area contributed by atoms with E-state index < -0.39 is 0 Å². The summed E-state index contributed by atoms with van der Waals surface area (Å²) in [6.45, 7) is 2.25. The summed E-state index contributed by atoms with van der Waals surface area (Å²) in [7, 11) is 0. The van der Waals surface area contributed by atoms with Crippen LogP contribution in [0.2, 0.25) is 0 Å². The molecule has 1 aromatic carbocycles. The molecule has 0 aliphatic carbocycles. The smallest absolute Gasteiger partial charge is 0.184 e. The number of hydrazone groups is 1. The topological polar surface area (TPSA) is 68.9 Å². The summed E-state index contributed by atoms with van der Waals surface area (Å²) in [4.78, 5) is 0. The van der Waals surface area contributed by atoms with Gasteiger partial charge in [0, 0.05) is 0 Å². The Morgan fingerprint density at radius 2 is 2.18 bits per heavy atom. The van der Waals surface area contributed by atoms with E-state index in [0.717, 1.165) is 11.5 Å². The van der Waals surface area contributed by atoms with E-state index in [2.05, 4.69) is 22.7 Å². The van der Waals surface area contributed by atoms with Crippen LogP contribution in [0.4, 0.5) is 0 Å². The predicted molar refractivity (Wildman–Crippen MR) is 69.4 cm³/mol. The molecule has 0 aromatic heterocycles. The maximum absolute atomic E-state index is 5.75. The summed E-state index contributed by atoms with van der Waals surface area (Å²) in [6.07, 6.45) is -0.230. The van der Waals surface area contributed by atoms with Gasteiger partial charge in [-0.1, -0.05) is 12.1 Å². The lowest BCUT2D eigenvalue weighted by atomic mass is 10.2. The first-order chi connectivity index (χ1) is 8.16. The highest BCUT2D eigenvalue weighted by atomic mass is 32.1. The second kappa shape index (κ2) is 5.01. The van der Waals surface area contributed by atoms with Crippen LogP contribution in [0.3, 0.4) is 0 Å². The van der Waals surface area contributed by atoms with Gasteiger partial charge in [-0.15, -0.1) is 0 Å². The zero-order valence-corrected chi connectivity index (χ0v) is 10.2. The van der Waals surface area contributed by atoms with Crippen LogP contribution < -0.4 is 20.6 Å². The minimum absolute atomic E-state index is 0.126. The van der Waals surface area contributed by atoms with Crippen molar-refractivity contribution in [3.63, 3.8) is 0 Å². The van der Waals surface area contributed by atoms with Crippen molar-refractivity contribution in [2.24, 2.45) is 10.8 Å². The van der Waals surface area contributed by atoms with Gasteiger partial charge < -0.3 is 15.2 Å². The number of hydrogen-bond acceptors (Lipinski definition) is 4. The van der Waals surface area contributed by atoms with E-state index in [1.807, 2.05) is 31.2 Å². The number of rotatable bonds is 2. The maximum Gasteiger partial charge on any atom is 0.184 e. The third kappa shape index (κ3) is 2.85. The van der Waals surface area contributed by atoms with Gasteiger partial charge in [0.2, 0.25) is 0 Å².